The third-order valence-electron chi connectivity index (χ3n) is 6.26. The van der Waals surface area contributed by atoms with Gasteiger partial charge in [-0.2, -0.15) is 0 Å². The van der Waals surface area contributed by atoms with E-state index in [1.165, 1.54) is 23.1 Å². The summed E-state index contributed by atoms with van der Waals surface area (Å²) in [6.45, 7) is 4.54. The van der Waals surface area contributed by atoms with Crippen LogP contribution in [0.25, 0.3) is 16.0 Å². The Kier molecular flexibility index (Phi) is 6.76. The van der Waals surface area contributed by atoms with E-state index in [0.29, 0.717) is 33.7 Å². The molecule has 1 atom stereocenters. The number of aliphatic hydroxyl groups excluding tert-OH is 1. The van der Waals surface area contributed by atoms with E-state index in [2.05, 4.69) is 11.9 Å². The molecule has 4 aromatic rings. The lowest BCUT2D eigenvalue weighted by molar-refractivity contribution is -0.132. The number of ether oxygens (including phenoxy) is 1. The maximum atomic E-state index is 13.8. The molecular formula is C29H25FN2O4S. The highest BCUT2D eigenvalue weighted by atomic mass is 32.1. The lowest BCUT2D eigenvalue weighted by atomic mass is 9.95. The minimum absolute atomic E-state index is 0.0370. The van der Waals surface area contributed by atoms with Crippen molar-refractivity contribution in [3.63, 3.8) is 0 Å². The summed E-state index contributed by atoms with van der Waals surface area (Å²) in [6, 6.07) is 17.5. The standard InChI is InChI=1S/C29H25FN2O4S/c1-3-4-14-36-21-7-5-6-19(15-21)26(33)24-25(18-10-8-17(2)9-11-18)32(28(35)27(24)34)29-31-22-13-12-20(30)16-23(22)37-29/h5-13,15-16,25,33H,3-4,14H2,1-2H3/b26-24+. The van der Waals surface area contributed by atoms with Crippen molar-refractivity contribution >= 4 is 44.1 Å². The Bertz CT molecular complexity index is 1530. The zero-order valence-electron chi connectivity index (χ0n) is 20.4. The molecule has 0 radical (unpaired) electrons. The molecule has 6 nitrogen and oxygen atoms in total. The van der Waals surface area contributed by atoms with Crippen molar-refractivity contribution in [2.75, 3.05) is 11.5 Å². The number of Topliss-reactive ketones (excluding diaryl/α,β-unsaturated/α-hetero) is 1. The second-order valence-electron chi connectivity index (χ2n) is 8.92. The van der Waals surface area contributed by atoms with Crippen molar-refractivity contribution in [2.45, 2.75) is 32.7 Å². The number of thiazole rings is 1. The summed E-state index contributed by atoms with van der Waals surface area (Å²) in [5, 5.41) is 11.6. The number of halogens is 1. The van der Waals surface area contributed by atoms with Gasteiger partial charge < -0.3 is 9.84 Å². The summed E-state index contributed by atoms with van der Waals surface area (Å²) in [5.74, 6) is -1.76. The fraction of sp³-hybridized carbons (Fsp3) is 0.207. The van der Waals surface area contributed by atoms with Crippen molar-refractivity contribution in [1.29, 1.82) is 0 Å². The highest BCUT2D eigenvalue weighted by Gasteiger charge is 2.48. The highest BCUT2D eigenvalue weighted by Crippen LogP contribution is 2.44. The maximum Gasteiger partial charge on any atom is 0.301 e. The van der Waals surface area contributed by atoms with Gasteiger partial charge in [-0.05, 0) is 49.2 Å². The predicted molar refractivity (Wildman–Crippen MR) is 142 cm³/mol. The average Bonchev–Trinajstić information content (AvgIpc) is 3.42. The molecule has 2 heterocycles. The number of benzene rings is 3. The molecule has 1 fully saturated rings. The zero-order valence-corrected chi connectivity index (χ0v) is 21.2. The largest absolute Gasteiger partial charge is 0.507 e. The third kappa shape index (κ3) is 4.72. The van der Waals surface area contributed by atoms with E-state index in [-0.39, 0.29) is 16.5 Å². The number of anilines is 1. The molecule has 1 saturated heterocycles. The van der Waals surface area contributed by atoms with Crippen LogP contribution in [-0.4, -0.2) is 28.4 Å². The van der Waals surface area contributed by atoms with Crippen molar-refractivity contribution < 1.29 is 23.8 Å². The fourth-order valence-corrected chi connectivity index (χ4v) is 5.32. The molecule has 188 valence electrons. The number of carbonyl (C=O) groups excluding carboxylic acids is 2. The summed E-state index contributed by atoms with van der Waals surface area (Å²) in [7, 11) is 0. The van der Waals surface area contributed by atoms with Crippen molar-refractivity contribution in [3.05, 3.63) is 94.8 Å². The molecule has 1 amide bonds. The summed E-state index contributed by atoms with van der Waals surface area (Å²) < 4.78 is 20.1. The number of amides is 1. The van der Waals surface area contributed by atoms with Crippen LogP contribution in [0.3, 0.4) is 0 Å². The summed E-state index contributed by atoms with van der Waals surface area (Å²) in [6.07, 6.45) is 1.87. The van der Waals surface area contributed by atoms with Crippen LogP contribution in [0.2, 0.25) is 0 Å². The van der Waals surface area contributed by atoms with E-state index in [4.69, 9.17) is 4.74 Å². The maximum absolute atomic E-state index is 13.8. The van der Waals surface area contributed by atoms with Gasteiger partial charge in [-0.3, -0.25) is 14.5 Å². The molecule has 1 aromatic heterocycles. The van der Waals surface area contributed by atoms with E-state index >= 15 is 0 Å². The molecule has 1 unspecified atom stereocenters. The molecule has 3 aromatic carbocycles. The molecule has 1 aliphatic heterocycles. The van der Waals surface area contributed by atoms with Gasteiger partial charge in [0, 0.05) is 5.56 Å². The van der Waals surface area contributed by atoms with E-state index in [0.717, 1.165) is 29.7 Å². The second kappa shape index (κ2) is 10.1. The van der Waals surface area contributed by atoms with Gasteiger partial charge in [-0.1, -0.05) is 66.6 Å². The number of hydrogen-bond acceptors (Lipinski definition) is 6. The molecule has 0 spiro atoms. The number of ketones is 1. The zero-order chi connectivity index (χ0) is 26.1. The second-order valence-corrected chi connectivity index (χ2v) is 9.93. The molecular weight excluding hydrogens is 491 g/mol. The van der Waals surface area contributed by atoms with Crippen LogP contribution < -0.4 is 9.64 Å². The quantitative estimate of drug-likeness (QED) is 0.130. The molecule has 0 aliphatic carbocycles. The number of fused-ring (bicyclic) bond motifs is 1. The predicted octanol–water partition coefficient (Wildman–Crippen LogP) is 6.55. The highest BCUT2D eigenvalue weighted by molar-refractivity contribution is 7.22. The van der Waals surface area contributed by atoms with Crippen LogP contribution in [0.15, 0.2) is 72.3 Å². The molecule has 0 bridgehead atoms. The van der Waals surface area contributed by atoms with Crippen LogP contribution in [-0.2, 0) is 9.59 Å². The van der Waals surface area contributed by atoms with Gasteiger partial charge in [-0.15, -0.1) is 0 Å². The number of rotatable bonds is 7. The number of unbranched alkanes of at least 4 members (excludes halogenated alkanes) is 1. The Labute approximate surface area is 217 Å². The molecule has 1 N–H and O–H groups in total. The minimum Gasteiger partial charge on any atom is -0.507 e. The van der Waals surface area contributed by atoms with E-state index < -0.39 is 23.5 Å². The van der Waals surface area contributed by atoms with Crippen molar-refractivity contribution in [2.24, 2.45) is 0 Å². The van der Waals surface area contributed by atoms with Gasteiger partial charge in [0.1, 0.15) is 17.3 Å². The van der Waals surface area contributed by atoms with Crippen molar-refractivity contribution in [3.8, 4) is 5.75 Å². The van der Waals surface area contributed by atoms with Crippen LogP contribution in [0.5, 0.6) is 5.75 Å². The van der Waals surface area contributed by atoms with Crippen LogP contribution >= 0.6 is 11.3 Å². The van der Waals surface area contributed by atoms with E-state index in [1.54, 1.807) is 24.3 Å². The Hall–Kier alpha value is -4.04. The fourth-order valence-electron chi connectivity index (χ4n) is 4.31. The van der Waals surface area contributed by atoms with Gasteiger partial charge in [-0.25, -0.2) is 9.37 Å². The molecule has 8 heteroatoms. The smallest absolute Gasteiger partial charge is 0.301 e. The Balaban J connectivity index is 1.64. The number of carbonyl (C=O) groups is 2. The number of hydrogen-bond donors (Lipinski definition) is 1. The van der Waals surface area contributed by atoms with Gasteiger partial charge in [0.25, 0.3) is 5.78 Å². The molecule has 0 saturated carbocycles. The van der Waals surface area contributed by atoms with E-state index in [1.807, 2.05) is 31.2 Å². The van der Waals surface area contributed by atoms with Crippen LogP contribution in [0, 0.1) is 12.7 Å². The Morgan fingerprint density at radius 3 is 2.65 bits per heavy atom. The number of aromatic nitrogens is 1. The lowest BCUT2D eigenvalue weighted by Gasteiger charge is -2.23. The minimum atomic E-state index is -0.907. The van der Waals surface area contributed by atoms with Gasteiger partial charge in [0.2, 0.25) is 0 Å². The molecule has 5 rings (SSSR count). The SMILES string of the molecule is CCCCOc1cccc(/C(O)=C2\C(=O)C(=O)N(c3nc4ccc(F)cc4s3)C2c2ccc(C)cc2)c1. The Morgan fingerprint density at radius 2 is 1.89 bits per heavy atom. The first-order valence-corrected chi connectivity index (χ1v) is 12.9. The first kappa shape index (κ1) is 24.6. The van der Waals surface area contributed by atoms with Crippen LogP contribution in [0.4, 0.5) is 9.52 Å². The van der Waals surface area contributed by atoms with Crippen LogP contribution in [0.1, 0.15) is 42.5 Å². The third-order valence-corrected chi connectivity index (χ3v) is 7.27. The first-order chi connectivity index (χ1) is 17.9. The topological polar surface area (TPSA) is 79.7 Å². The lowest BCUT2D eigenvalue weighted by Crippen LogP contribution is -2.29. The summed E-state index contributed by atoms with van der Waals surface area (Å²) in [4.78, 5) is 32.6. The van der Waals surface area contributed by atoms with Gasteiger partial charge in [0.15, 0.2) is 5.13 Å². The van der Waals surface area contributed by atoms with E-state index in [9.17, 15) is 19.1 Å². The summed E-state index contributed by atoms with van der Waals surface area (Å²) in [5.41, 5.74) is 2.50. The summed E-state index contributed by atoms with van der Waals surface area (Å²) >= 11 is 1.12. The molecule has 37 heavy (non-hydrogen) atoms. The number of aliphatic hydroxyl groups is 1. The van der Waals surface area contributed by atoms with Gasteiger partial charge >= 0.3 is 5.91 Å². The Morgan fingerprint density at radius 1 is 1.11 bits per heavy atom. The molecule has 1 aliphatic rings. The monoisotopic (exact) mass is 516 g/mol. The van der Waals surface area contributed by atoms with Gasteiger partial charge in [0.05, 0.1) is 28.4 Å². The van der Waals surface area contributed by atoms with Crippen molar-refractivity contribution in [1.82, 2.24) is 4.98 Å². The number of aryl methyl sites for hydroxylation is 1. The normalized spacial score (nSPS) is 17.1. The first-order valence-electron chi connectivity index (χ1n) is 12.0. The average molecular weight is 517 g/mol. The number of nitrogens with zero attached hydrogens (tertiary/aromatic N) is 2.